The molecule has 3 aliphatic heterocycles. The van der Waals surface area contributed by atoms with Gasteiger partial charge in [-0.3, -0.25) is 4.79 Å². The van der Waals surface area contributed by atoms with Gasteiger partial charge in [0.05, 0.1) is 12.1 Å². The van der Waals surface area contributed by atoms with Gasteiger partial charge >= 0.3 is 0 Å². The van der Waals surface area contributed by atoms with Crippen molar-refractivity contribution in [2.24, 2.45) is 0 Å². The molecule has 0 radical (unpaired) electrons. The first kappa shape index (κ1) is 11.5. The van der Waals surface area contributed by atoms with Gasteiger partial charge in [0, 0.05) is 12.1 Å². The number of benzene rings is 1. The molecule has 19 heavy (non-hydrogen) atoms. The lowest BCUT2D eigenvalue weighted by molar-refractivity contribution is -0.146. The summed E-state index contributed by atoms with van der Waals surface area (Å²) >= 11 is 0. The maximum Gasteiger partial charge on any atom is 0.240 e. The zero-order valence-electron chi connectivity index (χ0n) is 11.3. The van der Waals surface area contributed by atoms with E-state index in [2.05, 4.69) is 41.4 Å². The van der Waals surface area contributed by atoms with Crippen molar-refractivity contribution in [3.05, 3.63) is 35.4 Å². The molecule has 3 nitrogen and oxygen atoms in total. The summed E-state index contributed by atoms with van der Waals surface area (Å²) in [6, 6.07) is 9.76. The molecule has 2 bridgehead atoms. The maximum atomic E-state index is 12.7. The van der Waals surface area contributed by atoms with E-state index in [4.69, 9.17) is 0 Å². The van der Waals surface area contributed by atoms with Crippen LogP contribution >= 0.6 is 0 Å². The van der Waals surface area contributed by atoms with Crippen molar-refractivity contribution in [3.8, 4) is 0 Å². The average Bonchev–Trinajstić information content (AvgIpc) is 2.44. The highest BCUT2D eigenvalue weighted by Crippen LogP contribution is 2.41. The molecule has 4 unspecified atom stereocenters. The van der Waals surface area contributed by atoms with Gasteiger partial charge in [-0.2, -0.15) is 0 Å². The van der Waals surface area contributed by atoms with Crippen LogP contribution in [0, 0.1) is 0 Å². The first-order chi connectivity index (χ1) is 9.25. The molecule has 2 fully saturated rings. The number of hydrogen-bond acceptors (Lipinski definition) is 2. The van der Waals surface area contributed by atoms with E-state index in [9.17, 15) is 4.79 Å². The minimum Gasteiger partial charge on any atom is -0.330 e. The number of carbonyl (C=O) groups is 1. The SMILES string of the molecule is CC1Cc2ccccc2C2C3CCCC(N3)C(=O)N12. The summed E-state index contributed by atoms with van der Waals surface area (Å²) in [6.07, 6.45) is 4.37. The van der Waals surface area contributed by atoms with Crippen molar-refractivity contribution in [1.29, 1.82) is 0 Å². The molecule has 0 spiro atoms. The molecule has 4 rings (SSSR count). The fourth-order valence-corrected chi connectivity index (χ4v) is 4.20. The Morgan fingerprint density at radius 3 is 3.00 bits per heavy atom. The minimum absolute atomic E-state index is 0.0720. The van der Waals surface area contributed by atoms with E-state index in [0.29, 0.717) is 18.0 Å². The van der Waals surface area contributed by atoms with E-state index in [-0.39, 0.29) is 12.1 Å². The molecule has 1 amide bonds. The van der Waals surface area contributed by atoms with Crippen LogP contribution in [-0.2, 0) is 11.2 Å². The quantitative estimate of drug-likeness (QED) is 0.770. The lowest BCUT2D eigenvalue weighted by Gasteiger charge is -2.53. The summed E-state index contributed by atoms with van der Waals surface area (Å²) in [4.78, 5) is 14.8. The molecule has 0 aliphatic carbocycles. The number of amides is 1. The van der Waals surface area contributed by atoms with E-state index in [0.717, 1.165) is 12.8 Å². The Hall–Kier alpha value is -1.35. The summed E-state index contributed by atoms with van der Waals surface area (Å²) in [5, 5.41) is 3.57. The largest absolute Gasteiger partial charge is 0.330 e. The number of piperazine rings is 1. The highest BCUT2D eigenvalue weighted by molar-refractivity contribution is 5.84. The van der Waals surface area contributed by atoms with Crippen molar-refractivity contribution < 1.29 is 4.79 Å². The number of hydrogen-bond donors (Lipinski definition) is 1. The van der Waals surface area contributed by atoms with Crippen LogP contribution in [0.15, 0.2) is 24.3 Å². The topological polar surface area (TPSA) is 32.3 Å². The standard InChI is InChI=1S/C16H20N2O/c1-10-9-11-5-2-3-6-12(11)15-13-7-4-8-14(17-13)16(19)18(10)15/h2-3,5-6,10,13-15,17H,4,7-9H2,1H3. The van der Waals surface area contributed by atoms with Gasteiger partial charge in [-0.25, -0.2) is 0 Å². The van der Waals surface area contributed by atoms with Crippen molar-refractivity contribution in [2.75, 3.05) is 0 Å². The van der Waals surface area contributed by atoms with Gasteiger partial charge in [0.2, 0.25) is 5.91 Å². The molecule has 3 aliphatic rings. The number of nitrogens with zero attached hydrogens (tertiary/aromatic N) is 1. The Bertz CT molecular complexity index is 527. The second-order valence-corrected chi connectivity index (χ2v) is 6.20. The van der Waals surface area contributed by atoms with Crippen molar-refractivity contribution in [2.45, 2.75) is 56.8 Å². The lowest BCUT2D eigenvalue weighted by atomic mass is 9.78. The third kappa shape index (κ3) is 1.57. The summed E-state index contributed by atoms with van der Waals surface area (Å²) in [7, 11) is 0. The van der Waals surface area contributed by atoms with Crippen LogP contribution in [0.2, 0.25) is 0 Å². The van der Waals surface area contributed by atoms with Crippen LogP contribution in [0.1, 0.15) is 43.4 Å². The molecule has 2 saturated heterocycles. The number of nitrogens with one attached hydrogen (secondary N) is 1. The van der Waals surface area contributed by atoms with Crippen LogP contribution in [0.4, 0.5) is 0 Å². The van der Waals surface area contributed by atoms with Gasteiger partial charge in [0.1, 0.15) is 0 Å². The van der Waals surface area contributed by atoms with Gasteiger partial charge < -0.3 is 10.2 Å². The van der Waals surface area contributed by atoms with E-state index >= 15 is 0 Å². The number of carbonyl (C=O) groups excluding carboxylic acids is 1. The second kappa shape index (κ2) is 4.07. The van der Waals surface area contributed by atoms with Crippen molar-refractivity contribution in [1.82, 2.24) is 10.2 Å². The van der Waals surface area contributed by atoms with Crippen LogP contribution in [0.3, 0.4) is 0 Å². The molecule has 1 N–H and O–H groups in total. The Labute approximate surface area is 114 Å². The molecule has 3 heterocycles. The smallest absolute Gasteiger partial charge is 0.240 e. The zero-order valence-corrected chi connectivity index (χ0v) is 11.3. The van der Waals surface area contributed by atoms with Gasteiger partial charge in [0.15, 0.2) is 0 Å². The lowest BCUT2D eigenvalue weighted by Crippen LogP contribution is -2.66. The van der Waals surface area contributed by atoms with E-state index in [1.807, 2.05) is 0 Å². The molecule has 4 atom stereocenters. The number of piperidine rings is 1. The molecular formula is C16H20N2O. The molecular weight excluding hydrogens is 236 g/mol. The Kier molecular flexibility index (Phi) is 2.46. The van der Waals surface area contributed by atoms with E-state index in [1.165, 1.54) is 24.0 Å². The van der Waals surface area contributed by atoms with Gasteiger partial charge in [-0.05, 0) is 43.7 Å². The minimum atomic E-state index is 0.0720. The number of rotatable bonds is 0. The Morgan fingerprint density at radius 1 is 1.26 bits per heavy atom. The maximum absolute atomic E-state index is 12.7. The van der Waals surface area contributed by atoms with Crippen LogP contribution in [0.25, 0.3) is 0 Å². The number of fused-ring (bicyclic) bond motifs is 6. The molecule has 1 aromatic rings. The average molecular weight is 256 g/mol. The zero-order chi connectivity index (χ0) is 13.0. The summed E-state index contributed by atoms with van der Waals surface area (Å²) in [6.45, 7) is 2.20. The third-order valence-electron chi connectivity index (χ3n) is 5.02. The summed E-state index contributed by atoms with van der Waals surface area (Å²) in [5.41, 5.74) is 2.79. The molecule has 3 heteroatoms. The van der Waals surface area contributed by atoms with E-state index < -0.39 is 0 Å². The third-order valence-corrected chi connectivity index (χ3v) is 5.02. The summed E-state index contributed by atoms with van der Waals surface area (Å²) < 4.78 is 0. The molecule has 0 saturated carbocycles. The van der Waals surface area contributed by atoms with Crippen LogP contribution in [0.5, 0.6) is 0 Å². The predicted octanol–water partition coefficient (Wildman–Crippen LogP) is 2.03. The molecule has 0 aromatic heterocycles. The highest BCUT2D eigenvalue weighted by Gasteiger charge is 2.47. The van der Waals surface area contributed by atoms with Gasteiger partial charge in [-0.1, -0.05) is 24.3 Å². The highest BCUT2D eigenvalue weighted by atomic mass is 16.2. The Morgan fingerprint density at radius 2 is 2.11 bits per heavy atom. The summed E-state index contributed by atoms with van der Waals surface area (Å²) in [5.74, 6) is 0.322. The van der Waals surface area contributed by atoms with Crippen molar-refractivity contribution in [3.63, 3.8) is 0 Å². The second-order valence-electron chi connectivity index (χ2n) is 6.20. The van der Waals surface area contributed by atoms with Crippen LogP contribution < -0.4 is 5.32 Å². The van der Waals surface area contributed by atoms with Gasteiger partial charge in [0.25, 0.3) is 0 Å². The first-order valence-electron chi connectivity index (χ1n) is 7.42. The fraction of sp³-hybridized carbons (Fsp3) is 0.562. The monoisotopic (exact) mass is 256 g/mol. The van der Waals surface area contributed by atoms with Crippen LogP contribution in [-0.4, -0.2) is 28.9 Å². The molecule has 100 valence electrons. The predicted molar refractivity (Wildman–Crippen MR) is 73.8 cm³/mol. The first-order valence-corrected chi connectivity index (χ1v) is 7.42. The molecule has 1 aromatic carbocycles. The fourth-order valence-electron chi connectivity index (χ4n) is 4.20. The Balaban J connectivity index is 1.83. The normalized spacial score (nSPS) is 36.7. The van der Waals surface area contributed by atoms with Crippen molar-refractivity contribution >= 4 is 5.91 Å². The van der Waals surface area contributed by atoms with E-state index in [1.54, 1.807) is 0 Å². The van der Waals surface area contributed by atoms with Gasteiger partial charge in [-0.15, -0.1) is 0 Å².